The second-order valence-electron chi connectivity index (χ2n) is 6.83. The first-order valence-corrected chi connectivity index (χ1v) is 7.20. The quantitative estimate of drug-likeness (QED) is 0.816. The van der Waals surface area contributed by atoms with Crippen LogP contribution in [0, 0.1) is 0 Å². The summed E-state index contributed by atoms with van der Waals surface area (Å²) < 4.78 is 5.28. The molecule has 19 heavy (non-hydrogen) atoms. The molecule has 0 atom stereocenters. The largest absolute Gasteiger partial charge is 0.444 e. The first-order chi connectivity index (χ1) is 8.84. The highest BCUT2D eigenvalue weighted by molar-refractivity contribution is 5.68. The van der Waals surface area contributed by atoms with E-state index in [1.54, 1.807) is 0 Å². The molecule has 0 aromatic heterocycles. The van der Waals surface area contributed by atoms with E-state index in [9.17, 15) is 9.90 Å². The van der Waals surface area contributed by atoms with Gasteiger partial charge >= 0.3 is 6.09 Å². The number of nitrogens with one attached hydrogen (secondary N) is 1. The summed E-state index contributed by atoms with van der Waals surface area (Å²) in [5.41, 5.74) is -1.01. The third-order valence-electron chi connectivity index (χ3n) is 3.89. The van der Waals surface area contributed by atoms with Crippen molar-refractivity contribution < 1.29 is 14.6 Å². The van der Waals surface area contributed by atoms with Crippen LogP contribution < -0.4 is 5.32 Å². The van der Waals surface area contributed by atoms with Crippen LogP contribution in [0.4, 0.5) is 4.79 Å². The fourth-order valence-electron chi connectivity index (χ4n) is 2.60. The second-order valence-corrected chi connectivity index (χ2v) is 6.83. The normalized spacial score (nSPS) is 24.0. The van der Waals surface area contributed by atoms with Gasteiger partial charge in [0.2, 0.25) is 0 Å². The molecule has 2 aliphatic rings. The molecular weight excluding hydrogens is 244 g/mol. The molecule has 1 aliphatic heterocycles. The summed E-state index contributed by atoms with van der Waals surface area (Å²) in [7, 11) is 0. The van der Waals surface area contributed by atoms with E-state index in [1.165, 1.54) is 12.8 Å². The van der Waals surface area contributed by atoms with Gasteiger partial charge in [-0.2, -0.15) is 0 Å². The number of alkyl carbamates (subject to hydrolysis) is 1. The Morgan fingerprint density at radius 1 is 1.37 bits per heavy atom. The zero-order valence-electron chi connectivity index (χ0n) is 12.2. The Balaban J connectivity index is 1.86. The average Bonchev–Trinajstić information content (AvgIpc) is 3.11. The van der Waals surface area contributed by atoms with Gasteiger partial charge in [0.15, 0.2) is 0 Å². The van der Waals surface area contributed by atoms with Crippen molar-refractivity contribution in [3.63, 3.8) is 0 Å². The van der Waals surface area contributed by atoms with E-state index in [0.717, 1.165) is 32.0 Å². The molecule has 0 aromatic rings. The Hall–Kier alpha value is -0.810. The van der Waals surface area contributed by atoms with Gasteiger partial charge in [-0.1, -0.05) is 0 Å². The summed E-state index contributed by atoms with van der Waals surface area (Å²) in [6, 6.07) is 0.748. The zero-order chi connectivity index (χ0) is 14.1. The van der Waals surface area contributed by atoms with Gasteiger partial charge in [-0.05, 0) is 46.5 Å². The lowest BCUT2D eigenvalue weighted by molar-refractivity contribution is 0.0265. The molecule has 0 bridgehead atoms. The molecular formula is C14H26N2O3. The van der Waals surface area contributed by atoms with Crippen LogP contribution in [0.1, 0.15) is 46.5 Å². The van der Waals surface area contributed by atoms with Crippen LogP contribution in [0.5, 0.6) is 0 Å². The molecule has 1 saturated heterocycles. The van der Waals surface area contributed by atoms with Crippen molar-refractivity contribution in [1.29, 1.82) is 0 Å². The van der Waals surface area contributed by atoms with E-state index in [-0.39, 0.29) is 6.61 Å². The van der Waals surface area contributed by atoms with Crippen LogP contribution >= 0.6 is 0 Å². The number of piperidine rings is 1. The molecule has 2 N–H and O–H groups in total. The zero-order valence-corrected chi connectivity index (χ0v) is 12.2. The van der Waals surface area contributed by atoms with E-state index in [1.807, 2.05) is 20.8 Å². The first-order valence-electron chi connectivity index (χ1n) is 7.20. The number of rotatable bonds is 3. The SMILES string of the molecule is CC(C)(C)OC(=O)NC1(CO)CCN(C2CC2)CC1. The highest BCUT2D eigenvalue weighted by Crippen LogP contribution is 2.32. The minimum absolute atomic E-state index is 0.0231. The summed E-state index contributed by atoms with van der Waals surface area (Å²) in [4.78, 5) is 14.3. The minimum Gasteiger partial charge on any atom is -0.444 e. The van der Waals surface area contributed by atoms with Crippen molar-refractivity contribution >= 4 is 6.09 Å². The molecule has 0 spiro atoms. The van der Waals surface area contributed by atoms with Gasteiger partial charge in [-0.3, -0.25) is 0 Å². The Morgan fingerprint density at radius 3 is 2.37 bits per heavy atom. The van der Waals surface area contributed by atoms with Crippen LogP contribution in [0.2, 0.25) is 0 Å². The number of amides is 1. The maximum absolute atomic E-state index is 11.9. The van der Waals surface area contributed by atoms with Crippen molar-refractivity contribution in [3.05, 3.63) is 0 Å². The minimum atomic E-state index is -0.506. The summed E-state index contributed by atoms with van der Waals surface area (Å²) in [6.45, 7) is 7.39. The third kappa shape index (κ3) is 4.08. The number of carbonyl (C=O) groups is 1. The fourth-order valence-corrected chi connectivity index (χ4v) is 2.60. The van der Waals surface area contributed by atoms with E-state index in [4.69, 9.17) is 4.74 Å². The summed E-state index contributed by atoms with van der Waals surface area (Å²) >= 11 is 0. The summed E-state index contributed by atoms with van der Waals surface area (Å²) in [5.74, 6) is 0. The van der Waals surface area contributed by atoms with Crippen molar-refractivity contribution in [2.45, 2.75) is 63.6 Å². The lowest BCUT2D eigenvalue weighted by Gasteiger charge is -2.41. The average molecular weight is 270 g/mol. The molecule has 5 nitrogen and oxygen atoms in total. The van der Waals surface area contributed by atoms with E-state index >= 15 is 0 Å². The predicted octanol–water partition coefficient (Wildman–Crippen LogP) is 1.50. The number of likely N-dealkylation sites (tertiary alicyclic amines) is 1. The van der Waals surface area contributed by atoms with Gasteiger partial charge < -0.3 is 20.1 Å². The third-order valence-corrected chi connectivity index (χ3v) is 3.89. The van der Waals surface area contributed by atoms with Gasteiger partial charge in [-0.15, -0.1) is 0 Å². The molecule has 2 fully saturated rings. The van der Waals surface area contributed by atoms with Crippen LogP contribution in [0.15, 0.2) is 0 Å². The van der Waals surface area contributed by atoms with Crippen molar-refractivity contribution in [2.24, 2.45) is 0 Å². The number of aliphatic hydroxyl groups is 1. The summed E-state index contributed by atoms with van der Waals surface area (Å²) in [6.07, 6.45) is 3.75. The van der Waals surface area contributed by atoms with E-state index < -0.39 is 17.2 Å². The smallest absolute Gasteiger partial charge is 0.408 e. The first kappa shape index (κ1) is 14.6. The predicted molar refractivity (Wildman–Crippen MR) is 73.0 cm³/mol. The van der Waals surface area contributed by atoms with Crippen LogP contribution in [0.25, 0.3) is 0 Å². The lowest BCUT2D eigenvalue weighted by atomic mass is 9.88. The topological polar surface area (TPSA) is 61.8 Å². The Kier molecular flexibility index (Phi) is 4.06. The Labute approximate surface area is 115 Å². The highest BCUT2D eigenvalue weighted by Gasteiger charge is 2.40. The van der Waals surface area contributed by atoms with Gasteiger partial charge in [0.1, 0.15) is 5.60 Å². The second kappa shape index (κ2) is 5.29. The molecule has 1 amide bonds. The monoisotopic (exact) mass is 270 g/mol. The molecule has 2 rings (SSSR count). The number of ether oxygens (including phenoxy) is 1. The summed E-state index contributed by atoms with van der Waals surface area (Å²) in [5, 5.41) is 12.5. The van der Waals surface area contributed by atoms with Crippen molar-refractivity contribution in [2.75, 3.05) is 19.7 Å². The fraction of sp³-hybridized carbons (Fsp3) is 0.929. The van der Waals surface area contributed by atoms with E-state index in [2.05, 4.69) is 10.2 Å². The number of nitrogens with zero attached hydrogens (tertiary/aromatic N) is 1. The van der Waals surface area contributed by atoms with Crippen LogP contribution in [-0.4, -0.2) is 53.0 Å². The number of aliphatic hydroxyl groups excluding tert-OH is 1. The molecule has 0 aromatic carbocycles. The lowest BCUT2D eigenvalue weighted by Crippen LogP contribution is -2.58. The highest BCUT2D eigenvalue weighted by atomic mass is 16.6. The van der Waals surface area contributed by atoms with Crippen molar-refractivity contribution in [1.82, 2.24) is 10.2 Å². The van der Waals surface area contributed by atoms with Gasteiger partial charge in [0, 0.05) is 19.1 Å². The van der Waals surface area contributed by atoms with Gasteiger partial charge in [0.05, 0.1) is 12.1 Å². The Bertz CT molecular complexity index is 326. The van der Waals surface area contributed by atoms with Crippen LogP contribution in [0.3, 0.4) is 0 Å². The molecule has 1 heterocycles. The maximum atomic E-state index is 11.9. The molecule has 1 saturated carbocycles. The number of hydrogen-bond donors (Lipinski definition) is 2. The molecule has 0 unspecified atom stereocenters. The molecule has 0 radical (unpaired) electrons. The number of hydrogen-bond acceptors (Lipinski definition) is 4. The standard InChI is InChI=1S/C14H26N2O3/c1-13(2,3)19-12(18)15-14(10-17)6-8-16(9-7-14)11-4-5-11/h11,17H,4-10H2,1-3H3,(H,15,18). The van der Waals surface area contributed by atoms with E-state index in [0.29, 0.717) is 0 Å². The molecule has 1 aliphatic carbocycles. The van der Waals surface area contributed by atoms with Gasteiger partial charge in [-0.25, -0.2) is 4.79 Å². The number of carbonyl (C=O) groups excluding carboxylic acids is 1. The van der Waals surface area contributed by atoms with Crippen molar-refractivity contribution in [3.8, 4) is 0 Å². The Morgan fingerprint density at radius 2 is 1.95 bits per heavy atom. The van der Waals surface area contributed by atoms with Crippen LogP contribution in [-0.2, 0) is 4.74 Å². The molecule has 5 heteroatoms. The molecule has 110 valence electrons. The maximum Gasteiger partial charge on any atom is 0.408 e. The van der Waals surface area contributed by atoms with Gasteiger partial charge in [0.25, 0.3) is 0 Å².